The van der Waals surface area contributed by atoms with Crippen molar-refractivity contribution < 1.29 is 0 Å². The average Bonchev–Trinajstić information content (AvgIpc) is 2.90. The van der Waals surface area contributed by atoms with E-state index in [-0.39, 0.29) is 0 Å². The molecule has 0 radical (unpaired) electrons. The van der Waals surface area contributed by atoms with Gasteiger partial charge in [0, 0.05) is 18.0 Å². The van der Waals surface area contributed by atoms with E-state index in [4.69, 9.17) is 4.99 Å². The van der Waals surface area contributed by atoms with Gasteiger partial charge in [-0.3, -0.25) is 4.99 Å². The van der Waals surface area contributed by atoms with Crippen LogP contribution in [0.4, 0.5) is 5.69 Å². The summed E-state index contributed by atoms with van der Waals surface area (Å²) in [6.07, 6.45) is 5.04. The van der Waals surface area contributed by atoms with Crippen LogP contribution in [0.1, 0.15) is 31.7 Å². The van der Waals surface area contributed by atoms with Crippen LogP contribution >= 0.6 is 0 Å². The number of imidazole rings is 1. The molecule has 1 N–H and O–H groups in total. The summed E-state index contributed by atoms with van der Waals surface area (Å²) in [7, 11) is 0. The molecule has 1 aliphatic heterocycles. The minimum Gasteiger partial charge on any atom is -0.362 e. The van der Waals surface area contributed by atoms with E-state index < -0.39 is 0 Å². The molecule has 22 heavy (non-hydrogen) atoms. The number of para-hydroxylation sites is 1. The first-order chi connectivity index (χ1) is 10.7. The first-order valence-electron chi connectivity index (χ1n) is 7.74. The first-order valence-corrected chi connectivity index (χ1v) is 7.74. The van der Waals surface area contributed by atoms with Gasteiger partial charge in [-0.2, -0.15) is 0 Å². The summed E-state index contributed by atoms with van der Waals surface area (Å²) in [4.78, 5) is 14.8. The molecule has 2 heterocycles. The summed E-state index contributed by atoms with van der Waals surface area (Å²) in [5.74, 6) is 0. The maximum absolute atomic E-state index is 4.77. The third-order valence-corrected chi connectivity index (χ3v) is 4.22. The Morgan fingerprint density at radius 3 is 2.68 bits per heavy atom. The van der Waals surface area contributed by atoms with Crippen LogP contribution in [0.3, 0.4) is 0 Å². The molecule has 4 nitrogen and oxygen atoms in total. The van der Waals surface area contributed by atoms with Crippen molar-refractivity contribution in [2.75, 3.05) is 6.54 Å². The average molecular weight is 294 g/mol. The van der Waals surface area contributed by atoms with Gasteiger partial charge >= 0.3 is 0 Å². The predicted molar refractivity (Wildman–Crippen MR) is 91.3 cm³/mol. The van der Waals surface area contributed by atoms with E-state index >= 15 is 0 Å². The molecule has 1 aromatic heterocycles. The Balaban J connectivity index is 1.82. The number of aromatic nitrogens is 2. The molecule has 0 amide bonds. The number of rotatable bonds is 4. The zero-order valence-corrected chi connectivity index (χ0v) is 13.4. The van der Waals surface area contributed by atoms with Crippen LogP contribution in [0, 0.1) is 6.92 Å². The number of hydrogen-bond acceptors (Lipinski definition) is 3. The molecule has 0 saturated carbocycles. The van der Waals surface area contributed by atoms with Gasteiger partial charge in [-0.05, 0) is 39.3 Å². The van der Waals surface area contributed by atoms with Crippen LogP contribution < -0.4 is 0 Å². The summed E-state index contributed by atoms with van der Waals surface area (Å²) in [5.41, 5.74) is 5.52. The molecular formula is C18H22N4. The van der Waals surface area contributed by atoms with E-state index in [0.29, 0.717) is 6.04 Å². The maximum atomic E-state index is 4.77. The van der Waals surface area contributed by atoms with E-state index in [9.17, 15) is 0 Å². The molecule has 1 aliphatic rings. The van der Waals surface area contributed by atoms with Crippen LogP contribution in [-0.4, -0.2) is 33.2 Å². The van der Waals surface area contributed by atoms with Gasteiger partial charge in [0.1, 0.15) is 5.69 Å². The van der Waals surface area contributed by atoms with E-state index in [0.717, 1.165) is 35.8 Å². The molecule has 1 unspecified atom stereocenters. The van der Waals surface area contributed by atoms with Crippen LogP contribution in [0.2, 0.25) is 0 Å². The van der Waals surface area contributed by atoms with Crippen molar-refractivity contribution in [3.63, 3.8) is 0 Å². The highest BCUT2D eigenvalue weighted by atomic mass is 15.2. The molecule has 4 heteroatoms. The number of aliphatic imine (C=N–C) groups is 1. The molecule has 1 aromatic carbocycles. The lowest BCUT2D eigenvalue weighted by Crippen LogP contribution is -2.50. The Kier molecular flexibility index (Phi) is 4.09. The summed E-state index contributed by atoms with van der Waals surface area (Å²) in [6.45, 7) is 7.31. The molecule has 0 aliphatic carbocycles. The number of nitrogens with one attached hydrogen (secondary N) is 1. The van der Waals surface area contributed by atoms with Crippen molar-refractivity contribution >= 4 is 17.1 Å². The zero-order chi connectivity index (χ0) is 15.5. The van der Waals surface area contributed by atoms with Crippen molar-refractivity contribution in [2.45, 2.75) is 33.2 Å². The smallest absolute Gasteiger partial charge is 0.107 e. The number of nitrogens with zero attached hydrogens (tertiary/aromatic N) is 3. The number of aromatic amines is 1. The lowest BCUT2D eigenvalue weighted by Gasteiger charge is -2.44. The van der Waals surface area contributed by atoms with Gasteiger partial charge in [0.2, 0.25) is 0 Å². The van der Waals surface area contributed by atoms with Gasteiger partial charge in [0.25, 0.3) is 0 Å². The van der Waals surface area contributed by atoms with Crippen molar-refractivity contribution in [2.24, 2.45) is 4.99 Å². The molecule has 114 valence electrons. The fourth-order valence-electron chi connectivity index (χ4n) is 2.95. The van der Waals surface area contributed by atoms with Crippen molar-refractivity contribution in [1.82, 2.24) is 14.9 Å². The van der Waals surface area contributed by atoms with Crippen molar-refractivity contribution in [3.05, 3.63) is 54.1 Å². The number of H-pyrrole nitrogens is 1. The largest absolute Gasteiger partial charge is 0.362 e. The Morgan fingerprint density at radius 2 is 2.14 bits per heavy atom. The Bertz CT molecular complexity index is 697. The second kappa shape index (κ2) is 6.18. The Hall–Kier alpha value is -2.36. The number of hydrogen-bond donors (Lipinski definition) is 1. The fourth-order valence-corrected chi connectivity index (χ4v) is 2.95. The Labute approximate surface area is 131 Å². The number of aryl methyl sites for hydroxylation is 1. The summed E-state index contributed by atoms with van der Waals surface area (Å²) in [5, 5.41) is 0. The van der Waals surface area contributed by atoms with Crippen LogP contribution in [0.5, 0.6) is 0 Å². The third kappa shape index (κ3) is 2.69. The highest BCUT2D eigenvalue weighted by Gasteiger charge is 2.33. The van der Waals surface area contributed by atoms with E-state index in [1.807, 2.05) is 30.3 Å². The molecule has 3 rings (SSSR count). The van der Waals surface area contributed by atoms with Gasteiger partial charge in [0.05, 0.1) is 23.8 Å². The molecule has 1 fully saturated rings. The normalized spacial score (nSPS) is 19.2. The molecule has 1 saturated heterocycles. The number of likely N-dealkylation sites (tertiary alicyclic amines) is 1. The summed E-state index contributed by atoms with van der Waals surface area (Å²) in [6, 6.07) is 10.5. The topological polar surface area (TPSA) is 44.3 Å². The minimum atomic E-state index is 0.363. The zero-order valence-electron chi connectivity index (χ0n) is 13.4. The lowest BCUT2D eigenvalue weighted by atomic mass is 9.96. The van der Waals surface area contributed by atoms with E-state index in [1.54, 1.807) is 6.33 Å². The van der Waals surface area contributed by atoms with Crippen LogP contribution in [0.15, 0.2) is 47.7 Å². The maximum Gasteiger partial charge on any atom is 0.107 e. The van der Waals surface area contributed by atoms with Crippen molar-refractivity contribution in [3.8, 4) is 0 Å². The van der Waals surface area contributed by atoms with Gasteiger partial charge in [-0.25, -0.2) is 4.98 Å². The predicted octanol–water partition coefficient (Wildman–Crippen LogP) is 3.95. The second-order valence-electron chi connectivity index (χ2n) is 5.64. The highest BCUT2D eigenvalue weighted by Crippen LogP contribution is 2.31. The van der Waals surface area contributed by atoms with E-state index in [2.05, 4.69) is 41.7 Å². The lowest BCUT2D eigenvalue weighted by molar-refractivity contribution is 0.228. The van der Waals surface area contributed by atoms with Gasteiger partial charge < -0.3 is 9.88 Å². The van der Waals surface area contributed by atoms with Crippen LogP contribution in [-0.2, 0) is 0 Å². The van der Waals surface area contributed by atoms with E-state index in [1.165, 1.54) is 5.70 Å². The standard InChI is InChI=1S/C18H22N4/c1-4-16(18-14(3)19-12-20-18)22-11-10-17(22)13(2)21-15-8-6-5-7-9-15/h4-9,12,17H,10-11H2,1-3H3,(H,19,20)/b16-4+,21-13?. The van der Waals surface area contributed by atoms with Crippen molar-refractivity contribution in [1.29, 1.82) is 0 Å². The molecule has 0 spiro atoms. The minimum absolute atomic E-state index is 0.363. The number of allylic oxidation sites excluding steroid dienone is 1. The monoisotopic (exact) mass is 294 g/mol. The van der Waals surface area contributed by atoms with Gasteiger partial charge in [-0.1, -0.05) is 24.3 Å². The SMILES string of the molecule is C/C=C(\c1nc[nH]c1C)N1CCC1C(C)=Nc1ccccc1. The quantitative estimate of drug-likeness (QED) is 0.868. The highest BCUT2D eigenvalue weighted by molar-refractivity contribution is 5.91. The molecule has 1 atom stereocenters. The molecular weight excluding hydrogens is 272 g/mol. The summed E-state index contributed by atoms with van der Waals surface area (Å²) < 4.78 is 0. The number of benzene rings is 1. The Morgan fingerprint density at radius 1 is 1.36 bits per heavy atom. The molecule has 0 bridgehead atoms. The second-order valence-corrected chi connectivity index (χ2v) is 5.64. The third-order valence-electron chi connectivity index (χ3n) is 4.22. The van der Waals surface area contributed by atoms with Gasteiger partial charge in [0.15, 0.2) is 0 Å². The summed E-state index contributed by atoms with van der Waals surface area (Å²) >= 11 is 0. The first kappa shape index (κ1) is 14.6. The fraction of sp³-hybridized carbons (Fsp3) is 0.333. The molecule has 2 aromatic rings. The van der Waals surface area contributed by atoms with Gasteiger partial charge in [-0.15, -0.1) is 0 Å². The van der Waals surface area contributed by atoms with Crippen LogP contribution in [0.25, 0.3) is 5.70 Å².